The molecule has 0 aliphatic heterocycles. The zero-order valence-electron chi connectivity index (χ0n) is 41.6. The molecule has 3 amide bonds. The van der Waals surface area contributed by atoms with Crippen LogP contribution in [-0.4, -0.2) is 123 Å². The van der Waals surface area contributed by atoms with Crippen LogP contribution in [-0.2, 0) is 72.1 Å². The van der Waals surface area contributed by atoms with Crippen molar-refractivity contribution in [3.05, 3.63) is 120 Å². The van der Waals surface area contributed by atoms with Crippen molar-refractivity contribution >= 4 is 29.7 Å². The molecule has 3 saturated carbocycles. The Morgan fingerprint density at radius 2 is 1.14 bits per heavy atom. The minimum atomic E-state index is -0.631. The number of rotatable bonds is 28. The summed E-state index contributed by atoms with van der Waals surface area (Å²) in [5.41, 5.74) is 3.36. The molecule has 3 aromatic rings. The summed E-state index contributed by atoms with van der Waals surface area (Å²) in [6.07, 6.45) is 13.9. The van der Waals surface area contributed by atoms with Gasteiger partial charge >= 0.3 is 11.9 Å². The zero-order chi connectivity index (χ0) is 49.9. The van der Waals surface area contributed by atoms with E-state index in [1.807, 2.05) is 42.5 Å². The first-order chi connectivity index (χ1) is 34.7. The molecule has 0 saturated heterocycles. The second-order valence-corrected chi connectivity index (χ2v) is 19.0. The summed E-state index contributed by atoms with van der Waals surface area (Å²) in [5.74, 6) is -1.84. The number of amides is 3. The molecule has 0 aromatic heterocycles. The number of nitrogens with zero attached hydrogens (tertiary/aromatic N) is 2. The van der Waals surface area contributed by atoms with Gasteiger partial charge in [-0.05, 0) is 100 Å². The predicted octanol–water partition coefficient (Wildman–Crippen LogP) is 7.21. The van der Waals surface area contributed by atoms with Gasteiger partial charge in [0, 0.05) is 44.8 Å². The van der Waals surface area contributed by atoms with Crippen LogP contribution in [0, 0.1) is 5.92 Å². The Labute approximate surface area is 420 Å². The maximum Gasteiger partial charge on any atom is 0.326 e. The molecule has 71 heavy (non-hydrogen) atoms. The van der Waals surface area contributed by atoms with E-state index in [4.69, 9.17) is 28.4 Å². The van der Waals surface area contributed by atoms with Crippen LogP contribution in [0.4, 0.5) is 0 Å². The van der Waals surface area contributed by atoms with E-state index in [0.29, 0.717) is 26.1 Å². The van der Waals surface area contributed by atoms with Crippen molar-refractivity contribution in [2.24, 2.45) is 5.92 Å². The van der Waals surface area contributed by atoms with Crippen molar-refractivity contribution in [1.29, 1.82) is 0 Å². The maximum absolute atomic E-state index is 13.4. The van der Waals surface area contributed by atoms with Gasteiger partial charge < -0.3 is 44.0 Å². The second kappa shape index (κ2) is 31.1. The number of benzene rings is 3. The number of nitrogens with one attached hydrogen (secondary N) is 2. The lowest BCUT2D eigenvalue weighted by atomic mass is 9.86. The van der Waals surface area contributed by atoms with Gasteiger partial charge in [-0.3, -0.25) is 28.9 Å². The molecular weight excluding hydrogens is 905 g/mol. The van der Waals surface area contributed by atoms with Crippen LogP contribution in [0.2, 0.25) is 0 Å². The van der Waals surface area contributed by atoms with Crippen LogP contribution in [0.1, 0.15) is 107 Å². The molecule has 6 rings (SSSR count). The summed E-state index contributed by atoms with van der Waals surface area (Å²) in [7, 11) is 1.41. The van der Waals surface area contributed by atoms with E-state index < -0.39 is 24.3 Å². The molecule has 2 N–H and O–H groups in total. The number of hydrogen-bond donors (Lipinski definition) is 2. The van der Waals surface area contributed by atoms with Gasteiger partial charge in [0.2, 0.25) is 17.7 Å². The second-order valence-electron chi connectivity index (χ2n) is 19.0. The number of carbonyl (C=O) groups is 5. The van der Waals surface area contributed by atoms with Gasteiger partial charge in [0.05, 0.1) is 50.7 Å². The molecule has 15 nitrogen and oxygen atoms in total. The van der Waals surface area contributed by atoms with Crippen molar-refractivity contribution < 1.29 is 52.4 Å². The summed E-state index contributed by atoms with van der Waals surface area (Å²) < 4.78 is 34.8. The smallest absolute Gasteiger partial charge is 0.326 e. The number of ether oxygens (including phenoxy) is 6. The molecule has 3 aromatic carbocycles. The summed E-state index contributed by atoms with van der Waals surface area (Å²) in [6.45, 7) is 3.15. The molecule has 0 heterocycles. The Morgan fingerprint density at radius 3 is 1.72 bits per heavy atom. The maximum atomic E-state index is 13.4. The minimum Gasteiger partial charge on any atom is -0.469 e. The zero-order valence-corrected chi connectivity index (χ0v) is 41.6. The first-order valence-electron chi connectivity index (χ1n) is 25.7. The fourth-order valence-corrected chi connectivity index (χ4v) is 9.47. The Balaban J connectivity index is 0.851. The number of carbonyl (C=O) groups excluding carboxylic acids is 5. The molecule has 15 heteroatoms. The van der Waals surface area contributed by atoms with E-state index in [-0.39, 0.29) is 74.7 Å². The standard InChI is InChI=1S/C56H76N4O11/c1-66-56(65)46-21-23-47(24-22-46)58-52(61)19-11-34-67-49-29-31-51(32-30-49)71-42-57-53(62)39-60(40-55(64)70-41-45-17-9-4-10-18-45)54(63)20-12-35-68-48-25-27-50(28-26-48)69-36-33-59(37-43-13-5-2-6-14-43)38-44-15-7-3-8-16-44/h2-10,12-18,20,46-51H,11,19,21-42H2,1H3,(H,57,62)(H,58,61)/b20-12+. The van der Waals surface area contributed by atoms with Crippen molar-refractivity contribution in [2.45, 2.75) is 140 Å². The van der Waals surface area contributed by atoms with Crippen LogP contribution < -0.4 is 10.6 Å². The number of methoxy groups -OCH3 is 1. The Bertz CT molecular complexity index is 2010. The van der Waals surface area contributed by atoms with Crippen molar-refractivity contribution in [3.63, 3.8) is 0 Å². The SMILES string of the molecule is COC(=O)C1CCC(NC(=O)CCCOC2CCC(OCNC(=O)CN(CC(=O)OCc3ccccc3)C(=O)/C=C/COC3CCC(OCCN(Cc4ccccc4)Cc4ccccc4)CC3)CC2)CC1. The lowest BCUT2D eigenvalue weighted by molar-refractivity contribution is -0.150. The molecular formula is C56H76N4O11. The lowest BCUT2D eigenvalue weighted by Crippen LogP contribution is -2.44. The molecule has 3 aliphatic carbocycles. The largest absolute Gasteiger partial charge is 0.469 e. The summed E-state index contributed by atoms with van der Waals surface area (Å²) in [4.78, 5) is 67.3. The van der Waals surface area contributed by atoms with Gasteiger partial charge in [0.15, 0.2) is 0 Å². The molecule has 0 radical (unpaired) electrons. The highest BCUT2D eigenvalue weighted by molar-refractivity contribution is 5.93. The van der Waals surface area contributed by atoms with Crippen LogP contribution >= 0.6 is 0 Å². The van der Waals surface area contributed by atoms with E-state index in [0.717, 1.165) is 107 Å². The first kappa shape index (κ1) is 54.9. The van der Waals surface area contributed by atoms with E-state index in [1.165, 1.54) is 24.3 Å². The Kier molecular flexibility index (Phi) is 24.0. The van der Waals surface area contributed by atoms with Gasteiger partial charge in [-0.2, -0.15) is 0 Å². The molecule has 0 bridgehead atoms. The highest BCUT2D eigenvalue weighted by Crippen LogP contribution is 2.27. The monoisotopic (exact) mass is 981 g/mol. The fraction of sp³-hybridized carbons (Fsp3) is 0.554. The molecule has 386 valence electrons. The third kappa shape index (κ3) is 21.0. The lowest BCUT2D eigenvalue weighted by Gasteiger charge is -2.29. The quantitative estimate of drug-likeness (QED) is 0.0325. The van der Waals surface area contributed by atoms with E-state index in [2.05, 4.69) is 64.1 Å². The van der Waals surface area contributed by atoms with Crippen LogP contribution in [0.15, 0.2) is 103 Å². The number of hydrogen-bond acceptors (Lipinski definition) is 12. The Hall–Kier alpha value is -5.45. The van der Waals surface area contributed by atoms with Gasteiger partial charge in [-0.15, -0.1) is 0 Å². The summed E-state index contributed by atoms with van der Waals surface area (Å²) in [6, 6.07) is 30.4. The predicted molar refractivity (Wildman–Crippen MR) is 268 cm³/mol. The van der Waals surface area contributed by atoms with Gasteiger partial charge in [0.25, 0.3) is 0 Å². The minimum absolute atomic E-state index is 0.00902. The molecule has 3 fully saturated rings. The van der Waals surface area contributed by atoms with E-state index in [9.17, 15) is 24.0 Å². The van der Waals surface area contributed by atoms with Crippen LogP contribution in [0.5, 0.6) is 0 Å². The van der Waals surface area contributed by atoms with Crippen molar-refractivity contribution in [2.75, 3.05) is 53.3 Å². The molecule has 0 atom stereocenters. The molecule has 0 spiro atoms. The van der Waals surface area contributed by atoms with Crippen molar-refractivity contribution in [3.8, 4) is 0 Å². The van der Waals surface area contributed by atoms with Crippen molar-refractivity contribution in [1.82, 2.24) is 20.4 Å². The Morgan fingerprint density at radius 1 is 0.606 bits per heavy atom. The highest BCUT2D eigenvalue weighted by atomic mass is 16.5. The van der Waals surface area contributed by atoms with Gasteiger partial charge in [-0.25, -0.2) is 0 Å². The van der Waals surface area contributed by atoms with E-state index in [1.54, 1.807) is 6.08 Å². The molecule has 3 aliphatic rings. The van der Waals surface area contributed by atoms with Crippen LogP contribution in [0.3, 0.4) is 0 Å². The topological polar surface area (TPSA) is 171 Å². The van der Waals surface area contributed by atoms with Gasteiger partial charge in [0.1, 0.15) is 26.4 Å². The summed E-state index contributed by atoms with van der Waals surface area (Å²) >= 11 is 0. The third-order valence-electron chi connectivity index (χ3n) is 13.5. The fourth-order valence-electron chi connectivity index (χ4n) is 9.47. The molecule has 0 unspecified atom stereocenters. The highest BCUT2D eigenvalue weighted by Gasteiger charge is 2.28. The normalized spacial score (nSPS) is 21.3. The van der Waals surface area contributed by atoms with Crippen LogP contribution in [0.25, 0.3) is 0 Å². The summed E-state index contributed by atoms with van der Waals surface area (Å²) in [5, 5.41) is 5.84. The van der Waals surface area contributed by atoms with Gasteiger partial charge in [-0.1, -0.05) is 97.1 Å². The average molecular weight is 981 g/mol. The van der Waals surface area contributed by atoms with E-state index >= 15 is 0 Å². The average Bonchev–Trinajstić information content (AvgIpc) is 3.39. The first-order valence-corrected chi connectivity index (χ1v) is 25.7. The third-order valence-corrected chi connectivity index (χ3v) is 13.5. The number of esters is 2.